The van der Waals surface area contributed by atoms with E-state index in [1.54, 1.807) is 7.05 Å². The minimum absolute atomic E-state index is 0.0774. The third-order valence-electron chi connectivity index (χ3n) is 2.75. The first kappa shape index (κ1) is 14.0. The number of nitrogens with zero attached hydrogens (tertiary/aromatic N) is 6. The number of hydrogen-bond donors (Lipinski definition) is 1. The number of imidazole rings is 1. The van der Waals surface area contributed by atoms with E-state index in [0.29, 0.717) is 17.9 Å². The van der Waals surface area contributed by atoms with Crippen molar-refractivity contribution in [1.82, 2.24) is 19.5 Å². The van der Waals surface area contributed by atoms with Crippen molar-refractivity contribution in [2.24, 2.45) is 7.05 Å². The van der Waals surface area contributed by atoms with Gasteiger partial charge in [0.1, 0.15) is 12.3 Å². The number of aromatic nitrogens is 4. The Hall–Kier alpha value is -2.47. The summed E-state index contributed by atoms with van der Waals surface area (Å²) in [6, 6.07) is 1.88. The first-order valence-corrected chi connectivity index (χ1v) is 6.09. The lowest BCUT2D eigenvalue weighted by Crippen LogP contribution is -2.07. The maximum Gasteiger partial charge on any atom is 0.342 e. The minimum Gasteiger partial charge on any atom is -0.358 e. The van der Waals surface area contributed by atoms with Crippen molar-refractivity contribution >= 4 is 18.4 Å². The second-order valence-corrected chi connectivity index (χ2v) is 4.63. The lowest BCUT2D eigenvalue weighted by Gasteiger charge is -2.07. The van der Waals surface area contributed by atoms with Crippen LogP contribution >= 0.6 is 12.6 Å². The van der Waals surface area contributed by atoms with Gasteiger partial charge in [-0.2, -0.15) is 17.9 Å². The molecule has 0 radical (unpaired) electrons. The number of rotatable bonds is 4. The highest BCUT2D eigenvalue weighted by atomic mass is 32.1. The Bertz CT molecular complexity index is 675. The molecule has 0 saturated carbocycles. The predicted octanol–water partition coefficient (Wildman–Crippen LogP) is 1.20. The fraction of sp³-hybridized carbons (Fsp3) is 0.273. The first-order chi connectivity index (χ1) is 9.52. The van der Waals surface area contributed by atoms with Crippen LogP contribution in [0.2, 0.25) is 0 Å². The molecule has 1 atom stereocenters. The summed E-state index contributed by atoms with van der Waals surface area (Å²) >= 11 is 4.39. The lowest BCUT2D eigenvalue weighted by molar-refractivity contribution is -0.391. The summed E-state index contributed by atoms with van der Waals surface area (Å²) in [6.45, 7) is 0. The molecule has 2 aromatic rings. The van der Waals surface area contributed by atoms with Gasteiger partial charge in [-0.05, 0) is 4.92 Å². The first-order valence-electron chi connectivity index (χ1n) is 5.58. The molecule has 0 aliphatic heterocycles. The fourth-order valence-electron chi connectivity index (χ4n) is 1.64. The summed E-state index contributed by atoms with van der Waals surface area (Å²) < 4.78 is 1.40. The van der Waals surface area contributed by atoms with Gasteiger partial charge in [0, 0.05) is 6.42 Å². The van der Waals surface area contributed by atoms with Crippen molar-refractivity contribution in [3.63, 3.8) is 0 Å². The van der Waals surface area contributed by atoms with E-state index in [-0.39, 0.29) is 16.8 Å². The van der Waals surface area contributed by atoms with Crippen LogP contribution < -0.4 is 0 Å². The Morgan fingerprint density at radius 1 is 1.45 bits per heavy atom. The molecule has 0 spiro atoms. The standard InChI is InChI=1S/C11H10N6O2S/c1-16-10(15-6-11(16)17(18)19)2-9(20)8-5-13-7(3-12)4-14-8/h4-6,9,20H,2H2,1H3. The zero-order chi connectivity index (χ0) is 14.7. The number of nitriles is 1. The maximum atomic E-state index is 10.7. The topological polar surface area (TPSA) is 111 Å². The highest BCUT2D eigenvalue weighted by Crippen LogP contribution is 2.23. The van der Waals surface area contributed by atoms with Crippen molar-refractivity contribution < 1.29 is 4.92 Å². The molecule has 102 valence electrons. The van der Waals surface area contributed by atoms with Gasteiger partial charge in [-0.3, -0.25) is 4.98 Å². The van der Waals surface area contributed by atoms with Gasteiger partial charge in [0.25, 0.3) is 0 Å². The van der Waals surface area contributed by atoms with Crippen molar-refractivity contribution in [2.45, 2.75) is 11.7 Å². The SMILES string of the molecule is Cn1c([N+](=O)[O-])cnc1CC(S)c1cnc(C#N)cn1. The average molecular weight is 290 g/mol. The zero-order valence-electron chi connectivity index (χ0n) is 10.5. The van der Waals surface area contributed by atoms with Gasteiger partial charge in [-0.25, -0.2) is 14.5 Å². The van der Waals surface area contributed by atoms with Crippen LogP contribution in [-0.4, -0.2) is 24.4 Å². The molecule has 0 fully saturated rings. The highest BCUT2D eigenvalue weighted by molar-refractivity contribution is 7.80. The summed E-state index contributed by atoms with van der Waals surface area (Å²) in [7, 11) is 1.57. The molecule has 0 aliphatic rings. The number of thiol groups is 1. The molecule has 1 unspecified atom stereocenters. The summed E-state index contributed by atoms with van der Waals surface area (Å²) in [5.74, 6) is 0.453. The fourth-order valence-corrected chi connectivity index (χ4v) is 1.94. The maximum absolute atomic E-state index is 10.7. The second kappa shape index (κ2) is 5.66. The molecule has 0 aliphatic carbocycles. The number of nitro groups is 1. The molecule has 2 heterocycles. The van der Waals surface area contributed by atoms with Crippen LogP contribution in [0.25, 0.3) is 0 Å². The van der Waals surface area contributed by atoms with Crippen molar-refractivity contribution in [1.29, 1.82) is 5.26 Å². The van der Waals surface area contributed by atoms with Crippen LogP contribution in [0, 0.1) is 21.4 Å². The molecule has 2 aromatic heterocycles. The zero-order valence-corrected chi connectivity index (χ0v) is 11.4. The van der Waals surface area contributed by atoms with Crippen LogP contribution in [0.15, 0.2) is 18.6 Å². The van der Waals surface area contributed by atoms with E-state index in [1.807, 2.05) is 6.07 Å². The van der Waals surface area contributed by atoms with Crippen LogP contribution in [0.3, 0.4) is 0 Å². The van der Waals surface area contributed by atoms with E-state index in [0.717, 1.165) is 0 Å². The Labute approximate surface area is 119 Å². The van der Waals surface area contributed by atoms with E-state index in [9.17, 15) is 10.1 Å². The molecule has 20 heavy (non-hydrogen) atoms. The molecule has 0 N–H and O–H groups in total. The second-order valence-electron chi connectivity index (χ2n) is 4.01. The third kappa shape index (κ3) is 2.75. The molecule has 0 bridgehead atoms. The molecule has 8 nitrogen and oxygen atoms in total. The van der Waals surface area contributed by atoms with Gasteiger partial charge in [0.2, 0.25) is 0 Å². The predicted molar refractivity (Wildman–Crippen MR) is 72.0 cm³/mol. The highest BCUT2D eigenvalue weighted by Gasteiger charge is 2.20. The van der Waals surface area contributed by atoms with Gasteiger partial charge in [-0.15, -0.1) is 0 Å². The summed E-state index contributed by atoms with van der Waals surface area (Å²) in [4.78, 5) is 22.2. The third-order valence-corrected chi connectivity index (χ3v) is 3.20. The van der Waals surface area contributed by atoms with E-state index in [1.165, 1.54) is 23.2 Å². The van der Waals surface area contributed by atoms with Gasteiger partial charge >= 0.3 is 5.82 Å². The summed E-state index contributed by atoms with van der Waals surface area (Å²) in [6.07, 6.45) is 4.40. The van der Waals surface area contributed by atoms with Gasteiger partial charge in [-0.1, -0.05) is 0 Å². The monoisotopic (exact) mass is 290 g/mol. The van der Waals surface area contributed by atoms with Crippen LogP contribution in [0.1, 0.15) is 22.5 Å². The average Bonchev–Trinajstić information content (AvgIpc) is 2.80. The molecule has 0 saturated heterocycles. The Morgan fingerprint density at radius 3 is 2.70 bits per heavy atom. The smallest absolute Gasteiger partial charge is 0.342 e. The minimum atomic E-state index is -0.495. The number of hydrogen-bond acceptors (Lipinski definition) is 7. The van der Waals surface area contributed by atoms with E-state index in [2.05, 4.69) is 27.6 Å². The molecule has 0 aromatic carbocycles. The van der Waals surface area contributed by atoms with E-state index >= 15 is 0 Å². The molecular formula is C11H10N6O2S. The normalized spacial score (nSPS) is 11.8. The van der Waals surface area contributed by atoms with Crippen molar-refractivity contribution in [3.8, 4) is 6.07 Å². The van der Waals surface area contributed by atoms with Crippen LogP contribution in [0.4, 0.5) is 5.82 Å². The van der Waals surface area contributed by atoms with Crippen LogP contribution in [0.5, 0.6) is 0 Å². The van der Waals surface area contributed by atoms with E-state index in [4.69, 9.17) is 5.26 Å². The molecule has 9 heteroatoms. The van der Waals surface area contributed by atoms with Crippen molar-refractivity contribution in [3.05, 3.63) is 45.9 Å². The Kier molecular flexibility index (Phi) is 3.95. The quantitative estimate of drug-likeness (QED) is 0.514. The molecule has 2 rings (SSSR count). The largest absolute Gasteiger partial charge is 0.358 e. The van der Waals surface area contributed by atoms with Gasteiger partial charge < -0.3 is 10.1 Å². The summed E-state index contributed by atoms with van der Waals surface area (Å²) in [5, 5.41) is 19.1. The van der Waals surface area contributed by atoms with Crippen molar-refractivity contribution in [2.75, 3.05) is 0 Å². The lowest BCUT2D eigenvalue weighted by atomic mass is 10.2. The summed E-state index contributed by atoms with van der Waals surface area (Å²) in [5.41, 5.74) is 0.805. The van der Waals surface area contributed by atoms with E-state index < -0.39 is 4.92 Å². The van der Waals surface area contributed by atoms with Crippen LogP contribution in [-0.2, 0) is 13.5 Å². The van der Waals surface area contributed by atoms with Gasteiger partial charge in [0.05, 0.1) is 30.4 Å². The molecule has 0 amide bonds. The Balaban J connectivity index is 2.17. The molecular weight excluding hydrogens is 280 g/mol. The Morgan fingerprint density at radius 2 is 2.20 bits per heavy atom. The van der Waals surface area contributed by atoms with Gasteiger partial charge in [0.15, 0.2) is 11.5 Å².